The molecule has 0 aliphatic carbocycles. The molecule has 106 valence electrons. The lowest BCUT2D eigenvalue weighted by Crippen LogP contribution is -2.36. The van der Waals surface area contributed by atoms with Gasteiger partial charge in [-0.1, -0.05) is 0 Å². The fourth-order valence-corrected chi connectivity index (χ4v) is 2.43. The molecule has 0 saturated carbocycles. The van der Waals surface area contributed by atoms with Gasteiger partial charge in [0.15, 0.2) is 11.5 Å². The second-order valence-electron chi connectivity index (χ2n) is 4.55. The Morgan fingerprint density at radius 2 is 1.80 bits per heavy atom. The normalized spacial score (nSPS) is 15.4. The van der Waals surface area contributed by atoms with Gasteiger partial charge < -0.3 is 19.1 Å². The number of aromatic nitrogens is 2. The van der Waals surface area contributed by atoms with Crippen LogP contribution >= 0.6 is 0 Å². The highest BCUT2D eigenvalue weighted by Crippen LogP contribution is 2.35. The fourth-order valence-electron chi connectivity index (χ4n) is 2.43. The summed E-state index contributed by atoms with van der Waals surface area (Å²) in [6.07, 6.45) is 1.79. The summed E-state index contributed by atoms with van der Waals surface area (Å²) in [5.41, 5.74) is 1.85. The quantitative estimate of drug-likeness (QED) is 0.845. The lowest BCUT2D eigenvalue weighted by molar-refractivity contribution is 0.123. The Balaban J connectivity index is 2.12. The SMILES string of the molecule is COc1cc2nncc(N3CCOCC3)c2cc1OC. The molecular formula is C14H17N3O3. The van der Waals surface area contributed by atoms with Crippen LogP contribution in [0.2, 0.25) is 0 Å². The molecule has 20 heavy (non-hydrogen) atoms. The van der Waals surface area contributed by atoms with E-state index in [1.54, 1.807) is 20.4 Å². The minimum absolute atomic E-state index is 0.661. The Labute approximate surface area is 117 Å². The Morgan fingerprint density at radius 1 is 1.10 bits per heavy atom. The van der Waals surface area contributed by atoms with Crippen LogP contribution in [0.4, 0.5) is 5.69 Å². The second kappa shape index (κ2) is 5.50. The molecule has 6 heteroatoms. The average Bonchev–Trinajstić information content (AvgIpc) is 2.53. The van der Waals surface area contributed by atoms with Crippen molar-refractivity contribution in [3.63, 3.8) is 0 Å². The summed E-state index contributed by atoms with van der Waals surface area (Å²) in [6, 6.07) is 3.80. The van der Waals surface area contributed by atoms with Crippen molar-refractivity contribution < 1.29 is 14.2 Å². The number of rotatable bonds is 3. The molecule has 6 nitrogen and oxygen atoms in total. The maximum atomic E-state index is 5.39. The van der Waals surface area contributed by atoms with Crippen LogP contribution in [0, 0.1) is 0 Å². The molecular weight excluding hydrogens is 258 g/mol. The van der Waals surface area contributed by atoms with Gasteiger partial charge in [-0.3, -0.25) is 0 Å². The average molecular weight is 275 g/mol. The van der Waals surface area contributed by atoms with Crippen LogP contribution in [-0.4, -0.2) is 50.7 Å². The highest BCUT2D eigenvalue weighted by atomic mass is 16.5. The van der Waals surface area contributed by atoms with Crippen molar-refractivity contribution in [3.8, 4) is 11.5 Å². The summed E-state index contributed by atoms with van der Waals surface area (Å²) in [5, 5.41) is 9.28. The first kappa shape index (κ1) is 12.9. The number of nitrogens with zero attached hydrogens (tertiary/aromatic N) is 3. The number of anilines is 1. The van der Waals surface area contributed by atoms with Crippen LogP contribution in [0.5, 0.6) is 11.5 Å². The molecule has 1 aromatic heterocycles. The van der Waals surface area contributed by atoms with E-state index in [2.05, 4.69) is 15.1 Å². The highest BCUT2D eigenvalue weighted by Gasteiger charge is 2.17. The summed E-state index contributed by atoms with van der Waals surface area (Å²) in [6.45, 7) is 3.18. The van der Waals surface area contributed by atoms with Crippen molar-refractivity contribution in [2.24, 2.45) is 0 Å². The van der Waals surface area contributed by atoms with Crippen LogP contribution in [-0.2, 0) is 4.74 Å². The van der Waals surface area contributed by atoms with Gasteiger partial charge in [0.25, 0.3) is 0 Å². The zero-order chi connectivity index (χ0) is 13.9. The maximum Gasteiger partial charge on any atom is 0.162 e. The van der Waals surface area contributed by atoms with Gasteiger partial charge in [-0.2, -0.15) is 10.2 Å². The number of methoxy groups -OCH3 is 2. The molecule has 0 amide bonds. The van der Waals surface area contributed by atoms with Crippen molar-refractivity contribution in [1.29, 1.82) is 0 Å². The molecule has 0 bridgehead atoms. The number of hydrogen-bond acceptors (Lipinski definition) is 6. The molecule has 1 aliphatic rings. The number of fused-ring (bicyclic) bond motifs is 1. The molecule has 2 heterocycles. The first-order valence-electron chi connectivity index (χ1n) is 6.53. The molecule has 0 unspecified atom stereocenters. The van der Waals surface area contributed by atoms with Gasteiger partial charge in [0, 0.05) is 24.5 Å². The van der Waals surface area contributed by atoms with Gasteiger partial charge in [-0.05, 0) is 6.07 Å². The smallest absolute Gasteiger partial charge is 0.162 e. The largest absolute Gasteiger partial charge is 0.493 e. The minimum Gasteiger partial charge on any atom is -0.493 e. The number of morpholine rings is 1. The van der Waals surface area contributed by atoms with E-state index < -0.39 is 0 Å². The fraction of sp³-hybridized carbons (Fsp3) is 0.429. The molecule has 2 aromatic rings. The van der Waals surface area contributed by atoms with Crippen LogP contribution < -0.4 is 14.4 Å². The molecule has 1 aliphatic heterocycles. The van der Waals surface area contributed by atoms with E-state index in [0.717, 1.165) is 42.9 Å². The van der Waals surface area contributed by atoms with E-state index in [1.165, 1.54) is 0 Å². The van der Waals surface area contributed by atoms with Crippen molar-refractivity contribution in [2.75, 3.05) is 45.4 Å². The summed E-state index contributed by atoms with van der Waals surface area (Å²) in [5.74, 6) is 1.36. The van der Waals surface area contributed by atoms with E-state index in [0.29, 0.717) is 11.5 Å². The van der Waals surface area contributed by atoms with Crippen LogP contribution in [0.1, 0.15) is 0 Å². The molecule has 3 rings (SSSR count). The molecule has 0 atom stereocenters. The Kier molecular flexibility index (Phi) is 3.56. The molecule has 1 aromatic carbocycles. The van der Waals surface area contributed by atoms with Crippen molar-refractivity contribution in [3.05, 3.63) is 18.3 Å². The van der Waals surface area contributed by atoms with E-state index >= 15 is 0 Å². The molecule has 1 fully saturated rings. The number of hydrogen-bond donors (Lipinski definition) is 0. The summed E-state index contributed by atoms with van der Waals surface area (Å²) >= 11 is 0. The molecule has 0 spiro atoms. The van der Waals surface area contributed by atoms with Crippen molar-refractivity contribution in [1.82, 2.24) is 10.2 Å². The van der Waals surface area contributed by atoms with Crippen LogP contribution in [0.15, 0.2) is 18.3 Å². The van der Waals surface area contributed by atoms with Gasteiger partial charge in [-0.25, -0.2) is 0 Å². The predicted octanol–water partition coefficient (Wildman–Crippen LogP) is 1.48. The Hall–Kier alpha value is -2.08. The maximum absolute atomic E-state index is 5.39. The van der Waals surface area contributed by atoms with Gasteiger partial charge >= 0.3 is 0 Å². The zero-order valence-corrected chi connectivity index (χ0v) is 11.6. The van der Waals surface area contributed by atoms with Gasteiger partial charge in [0.2, 0.25) is 0 Å². The molecule has 0 radical (unpaired) electrons. The molecule has 0 N–H and O–H groups in total. The number of ether oxygens (including phenoxy) is 3. The van der Waals surface area contributed by atoms with E-state index in [1.807, 2.05) is 12.1 Å². The zero-order valence-electron chi connectivity index (χ0n) is 11.6. The monoisotopic (exact) mass is 275 g/mol. The van der Waals surface area contributed by atoms with E-state index in [9.17, 15) is 0 Å². The topological polar surface area (TPSA) is 56.7 Å². The third-order valence-electron chi connectivity index (χ3n) is 3.48. The van der Waals surface area contributed by atoms with Crippen LogP contribution in [0.25, 0.3) is 10.9 Å². The Morgan fingerprint density at radius 3 is 2.50 bits per heavy atom. The summed E-state index contributed by atoms with van der Waals surface area (Å²) in [7, 11) is 3.25. The second-order valence-corrected chi connectivity index (χ2v) is 4.55. The first-order chi connectivity index (χ1) is 9.83. The van der Waals surface area contributed by atoms with Crippen LogP contribution in [0.3, 0.4) is 0 Å². The third-order valence-corrected chi connectivity index (χ3v) is 3.48. The van der Waals surface area contributed by atoms with Gasteiger partial charge in [0.1, 0.15) is 0 Å². The number of benzene rings is 1. The van der Waals surface area contributed by atoms with E-state index in [-0.39, 0.29) is 0 Å². The van der Waals surface area contributed by atoms with Gasteiger partial charge in [0.05, 0.1) is 44.8 Å². The molecule has 1 saturated heterocycles. The first-order valence-corrected chi connectivity index (χ1v) is 6.53. The van der Waals surface area contributed by atoms with Gasteiger partial charge in [-0.15, -0.1) is 0 Å². The summed E-state index contributed by atoms with van der Waals surface area (Å²) in [4.78, 5) is 2.26. The summed E-state index contributed by atoms with van der Waals surface area (Å²) < 4.78 is 16.1. The predicted molar refractivity (Wildman–Crippen MR) is 75.7 cm³/mol. The lowest BCUT2D eigenvalue weighted by Gasteiger charge is -2.29. The van der Waals surface area contributed by atoms with Crippen molar-refractivity contribution >= 4 is 16.6 Å². The van der Waals surface area contributed by atoms with E-state index in [4.69, 9.17) is 14.2 Å². The van der Waals surface area contributed by atoms with Crippen molar-refractivity contribution in [2.45, 2.75) is 0 Å². The minimum atomic E-state index is 0.661. The highest BCUT2D eigenvalue weighted by molar-refractivity contribution is 5.93. The lowest BCUT2D eigenvalue weighted by atomic mass is 10.1. The Bertz CT molecular complexity index is 612. The third kappa shape index (κ3) is 2.22. The standard InChI is InChI=1S/C14H17N3O3/c1-18-13-7-10-11(8-14(13)19-2)16-15-9-12(10)17-3-5-20-6-4-17/h7-9H,3-6H2,1-2H3.